The molecule has 0 spiro atoms. The summed E-state index contributed by atoms with van der Waals surface area (Å²) in [5, 5.41) is 3.68. The first-order valence-corrected chi connectivity index (χ1v) is 8.96. The largest absolute Gasteiger partial charge is 0.360 e. The maximum absolute atomic E-state index is 13.7. The molecule has 25 heavy (non-hydrogen) atoms. The van der Waals surface area contributed by atoms with Crippen molar-refractivity contribution in [1.82, 2.24) is 19.4 Å². The lowest BCUT2D eigenvalue weighted by Gasteiger charge is -2.19. The highest BCUT2D eigenvalue weighted by atomic mass is 32.2. The SMILES string of the molecule is Cc1noc(C)c1S(=O)(=O)N[C@@H](c1cccc(F)c1)c1nccn1C. The number of benzene rings is 1. The van der Waals surface area contributed by atoms with Gasteiger partial charge in [-0.25, -0.2) is 17.8 Å². The Labute approximate surface area is 144 Å². The average molecular weight is 364 g/mol. The summed E-state index contributed by atoms with van der Waals surface area (Å²) in [6.07, 6.45) is 3.23. The summed E-state index contributed by atoms with van der Waals surface area (Å²) < 4.78 is 48.6. The van der Waals surface area contributed by atoms with Crippen LogP contribution in [-0.4, -0.2) is 23.1 Å². The summed E-state index contributed by atoms with van der Waals surface area (Å²) in [7, 11) is -2.23. The van der Waals surface area contributed by atoms with Crippen molar-refractivity contribution < 1.29 is 17.3 Å². The van der Waals surface area contributed by atoms with Crippen molar-refractivity contribution in [2.45, 2.75) is 24.8 Å². The molecule has 3 rings (SSSR count). The summed E-state index contributed by atoms with van der Waals surface area (Å²) in [6, 6.07) is 4.86. The van der Waals surface area contributed by atoms with Crippen LogP contribution in [0.1, 0.15) is 28.9 Å². The van der Waals surface area contributed by atoms with Crippen LogP contribution in [0, 0.1) is 19.7 Å². The molecule has 2 heterocycles. The normalized spacial score (nSPS) is 13.1. The molecule has 1 atom stereocenters. The molecule has 0 unspecified atom stereocenters. The molecule has 9 heteroatoms. The summed E-state index contributed by atoms with van der Waals surface area (Å²) >= 11 is 0. The van der Waals surface area contributed by atoms with Crippen molar-refractivity contribution in [1.29, 1.82) is 0 Å². The van der Waals surface area contributed by atoms with Gasteiger partial charge < -0.3 is 9.09 Å². The summed E-state index contributed by atoms with van der Waals surface area (Å²) in [5.41, 5.74) is 0.687. The van der Waals surface area contributed by atoms with Gasteiger partial charge in [0.15, 0.2) is 5.76 Å². The fourth-order valence-corrected chi connectivity index (χ4v) is 4.20. The number of nitrogens with zero attached hydrogens (tertiary/aromatic N) is 3. The molecule has 2 aromatic heterocycles. The van der Waals surface area contributed by atoms with E-state index in [4.69, 9.17) is 4.52 Å². The number of halogens is 1. The zero-order valence-electron chi connectivity index (χ0n) is 13.9. The molecular formula is C16H17FN4O3S. The molecule has 1 aromatic carbocycles. The molecule has 0 saturated heterocycles. The molecule has 0 saturated carbocycles. The van der Waals surface area contributed by atoms with E-state index in [0.717, 1.165) is 0 Å². The Morgan fingerprint density at radius 1 is 1.32 bits per heavy atom. The van der Waals surface area contributed by atoms with Crippen molar-refractivity contribution in [2.24, 2.45) is 7.05 Å². The van der Waals surface area contributed by atoms with Crippen LogP contribution in [0.4, 0.5) is 4.39 Å². The monoisotopic (exact) mass is 364 g/mol. The van der Waals surface area contributed by atoms with E-state index in [1.807, 2.05) is 0 Å². The minimum atomic E-state index is -3.96. The van der Waals surface area contributed by atoms with Crippen molar-refractivity contribution in [3.8, 4) is 0 Å². The molecule has 3 aromatic rings. The number of nitrogens with one attached hydrogen (secondary N) is 1. The lowest BCUT2D eigenvalue weighted by atomic mass is 10.1. The molecule has 1 N–H and O–H groups in total. The van der Waals surface area contributed by atoms with Gasteiger partial charge in [0.05, 0.1) is 0 Å². The Balaban J connectivity index is 2.09. The summed E-state index contributed by atoms with van der Waals surface area (Å²) in [5.74, 6) is 0.150. The number of imidazole rings is 1. The van der Waals surface area contributed by atoms with E-state index in [-0.39, 0.29) is 16.3 Å². The topological polar surface area (TPSA) is 90.0 Å². The van der Waals surface area contributed by atoms with E-state index in [0.29, 0.717) is 11.4 Å². The molecule has 0 fully saturated rings. The number of aromatic nitrogens is 3. The Kier molecular flexibility index (Phi) is 4.44. The van der Waals surface area contributed by atoms with E-state index in [9.17, 15) is 12.8 Å². The lowest BCUT2D eigenvalue weighted by Crippen LogP contribution is -2.31. The number of sulfonamides is 1. The highest BCUT2D eigenvalue weighted by molar-refractivity contribution is 7.89. The Morgan fingerprint density at radius 2 is 2.08 bits per heavy atom. The highest BCUT2D eigenvalue weighted by Gasteiger charge is 2.30. The van der Waals surface area contributed by atoms with E-state index in [1.54, 1.807) is 37.0 Å². The van der Waals surface area contributed by atoms with Crippen molar-refractivity contribution in [2.75, 3.05) is 0 Å². The third-order valence-electron chi connectivity index (χ3n) is 3.81. The first kappa shape index (κ1) is 17.3. The number of aryl methyl sites for hydroxylation is 3. The van der Waals surface area contributed by atoms with Gasteiger partial charge in [0.1, 0.15) is 28.3 Å². The molecule has 0 bridgehead atoms. The van der Waals surface area contributed by atoms with Crippen LogP contribution in [0.3, 0.4) is 0 Å². The van der Waals surface area contributed by atoms with Crippen molar-refractivity contribution in [3.05, 3.63) is 65.3 Å². The van der Waals surface area contributed by atoms with Crippen LogP contribution in [0.2, 0.25) is 0 Å². The van der Waals surface area contributed by atoms with Gasteiger partial charge in [-0.15, -0.1) is 0 Å². The van der Waals surface area contributed by atoms with E-state index < -0.39 is 21.9 Å². The molecule has 0 radical (unpaired) electrons. The second kappa shape index (κ2) is 6.41. The van der Waals surface area contributed by atoms with Crippen LogP contribution in [0.15, 0.2) is 46.1 Å². The van der Waals surface area contributed by atoms with Crippen LogP contribution < -0.4 is 4.72 Å². The number of rotatable bonds is 5. The first-order valence-electron chi connectivity index (χ1n) is 7.47. The lowest BCUT2D eigenvalue weighted by molar-refractivity contribution is 0.390. The number of hydrogen-bond donors (Lipinski definition) is 1. The van der Waals surface area contributed by atoms with Crippen LogP contribution >= 0.6 is 0 Å². The quantitative estimate of drug-likeness (QED) is 0.750. The maximum atomic E-state index is 13.7. The van der Waals surface area contributed by atoms with E-state index >= 15 is 0 Å². The minimum Gasteiger partial charge on any atom is -0.360 e. The molecule has 132 valence electrons. The van der Waals surface area contributed by atoms with Crippen molar-refractivity contribution >= 4 is 10.0 Å². The van der Waals surface area contributed by atoms with Gasteiger partial charge in [-0.3, -0.25) is 0 Å². The second-order valence-corrected chi connectivity index (χ2v) is 7.31. The Hall–Kier alpha value is -2.52. The molecule has 7 nitrogen and oxygen atoms in total. The highest BCUT2D eigenvalue weighted by Crippen LogP contribution is 2.26. The first-order chi connectivity index (χ1) is 11.8. The molecule has 0 aliphatic heterocycles. The third-order valence-corrected chi connectivity index (χ3v) is 5.47. The second-order valence-electron chi connectivity index (χ2n) is 5.66. The summed E-state index contributed by atoms with van der Waals surface area (Å²) in [4.78, 5) is 4.18. The van der Waals surface area contributed by atoms with Gasteiger partial charge in [-0.2, -0.15) is 4.72 Å². The zero-order valence-corrected chi connectivity index (χ0v) is 14.7. The van der Waals surface area contributed by atoms with Gasteiger partial charge in [-0.05, 0) is 31.5 Å². The molecule has 0 aliphatic carbocycles. The van der Waals surface area contributed by atoms with E-state index in [2.05, 4.69) is 14.9 Å². The Bertz CT molecular complexity index is 991. The third kappa shape index (κ3) is 3.33. The zero-order chi connectivity index (χ0) is 18.2. The molecule has 0 aliphatic rings. The van der Waals surface area contributed by atoms with Crippen LogP contribution in [0.5, 0.6) is 0 Å². The van der Waals surface area contributed by atoms with E-state index in [1.165, 1.54) is 25.1 Å². The van der Waals surface area contributed by atoms with Gasteiger partial charge in [0, 0.05) is 19.4 Å². The van der Waals surface area contributed by atoms with Gasteiger partial charge >= 0.3 is 0 Å². The predicted octanol–water partition coefficient (Wildman–Crippen LogP) is 2.23. The van der Waals surface area contributed by atoms with Crippen LogP contribution in [0.25, 0.3) is 0 Å². The smallest absolute Gasteiger partial charge is 0.246 e. The fourth-order valence-electron chi connectivity index (χ4n) is 2.68. The van der Waals surface area contributed by atoms with Crippen LogP contribution in [-0.2, 0) is 17.1 Å². The fraction of sp³-hybridized carbons (Fsp3) is 0.250. The predicted molar refractivity (Wildman–Crippen MR) is 87.7 cm³/mol. The van der Waals surface area contributed by atoms with Gasteiger partial charge in [-0.1, -0.05) is 17.3 Å². The van der Waals surface area contributed by atoms with Gasteiger partial charge in [0.2, 0.25) is 10.0 Å². The maximum Gasteiger partial charge on any atom is 0.246 e. The van der Waals surface area contributed by atoms with Gasteiger partial charge in [0.25, 0.3) is 0 Å². The summed E-state index contributed by atoms with van der Waals surface area (Å²) in [6.45, 7) is 3.07. The molecular weight excluding hydrogens is 347 g/mol. The number of hydrogen-bond acceptors (Lipinski definition) is 5. The molecule has 0 amide bonds. The minimum absolute atomic E-state index is 0.0249. The van der Waals surface area contributed by atoms with Crippen molar-refractivity contribution in [3.63, 3.8) is 0 Å². The standard InChI is InChI=1S/C16H17FN4O3S/c1-10-15(11(2)24-19-10)25(22,23)20-14(16-18-7-8-21(16)3)12-5-4-6-13(17)9-12/h4-9,14,20H,1-3H3/t14-/m0/s1. The average Bonchev–Trinajstić information content (AvgIpc) is 3.11. The Morgan fingerprint density at radius 3 is 2.64 bits per heavy atom.